The molecule has 0 saturated carbocycles. The molecule has 0 aliphatic heterocycles. The van der Waals surface area contributed by atoms with Crippen LogP contribution in [0.3, 0.4) is 0 Å². The number of pyridine rings is 1. The van der Waals surface area contributed by atoms with Crippen LogP contribution in [-0.2, 0) is 6.18 Å². The maximum atomic E-state index is 13.0. The standard InChI is InChI=1S/C13H13F3N2O5/c1-3-4-5-7(2)23-11-8(13(14,15)16)6-9(18(21)22)10(17-11)12(19)20/h3-4,6-7H,5H2,1-2H3,(H,19,20)/b4-3+. The van der Waals surface area contributed by atoms with Gasteiger partial charge in [0.1, 0.15) is 11.7 Å². The molecule has 0 fully saturated rings. The zero-order chi connectivity index (χ0) is 17.8. The number of hydrogen-bond donors (Lipinski definition) is 1. The van der Waals surface area contributed by atoms with Crippen LogP contribution in [0.2, 0.25) is 0 Å². The molecule has 1 N–H and O–H groups in total. The van der Waals surface area contributed by atoms with Gasteiger partial charge in [0.15, 0.2) is 0 Å². The average molecular weight is 334 g/mol. The average Bonchev–Trinajstić information content (AvgIpc) is 2.43. The fraction of sp³-hybridized carbons (Fsp3) is 0.385. The summed E-state index contributed by atoms with van der Waals surface area (Å²) in [5, 5.41) is 19.7. The van der Waals surface area contributed by atoms with Crippen molar-refractivity contribution in [3.8, 4) is 5.88 Å². The van der Waals surface area contributed by atoms with E-state index in [1.807, 2.05) is 0 Å². The number of carboxylic acids is 1. The molecule has 0 amide bonds. The number of hydrogen-bond acceptors (Lipinski definition) is 5. The number of allylic oxidation sites excluding steroid dienone is 1. The lowest BCUT2D eigenvalue weighted by Crippen LogP contribution is -2.19. The van der Waals surface area contributed by atoms with Crippen molar-refractivity contribution in [3.05, 3.63) is 39.6 Å². The highest BCUT2D eigenvalue weighted by Crippen LogP contribution is 2.38. The molecule has 10 heteroatoms. The molecule has 0 aromatic carbocycles. The Morgan fingerprint density at radius 2 is 2.17 bits per heavy atom. The van der Waals surface area contributed by atoms with Crippen LogP contribution < -0.4 is 4.74 Å². The fourth-order valence-electron chi connectivity index (χ4n) is 1.64. The summed E-state index contributed by atoms with van der Waals surface area (Å²) in [5.74, 6) is -2.83. The van der Waals surface area contributed by atoms with Gasteiger partial charge < -0.3 is 9.84 Å². The minimum atomic E-state index is -4.98. The summed E-state index contributed by atoms with van der Waals surface area (Å²) < 4.78 is 44.1. The van der Waals surface area contributed by atoms with E-state index in [1.54, 1.807) is 19.1 Å². The van der Waals surface area contributed by atoms with Gasteiger partial charge in [0.2, 0.25) is 11.6 Å². The monoisotopic (exact) mass is 334 g/mol. The first kappa shape index (κ1) is 18.4. The van der Waals surface area contributed by atoms with E-state index in [9.17, 15) is 28.1 Å². The van der Waals surface area contributed by atoms with Gasteiger partial charge in [-0.2, -0.15) is 18.2 Å². The van der Waals surface area contributed by atoms with E-state index >= 15 is 0 Å². The van der Waals surface area contributed by atoms with Crippen molar-refractivity contribution in [3.63, 3.8) is 0 Å². The Balaban J connectivity index is 3.44. The molecule has 1 rings (SSSR count). The number of alkyl halides is 3. The SMILES string of the molecule is C/C=C/CC(C)Oc1nc(C(=O)O)c([N+](=O)[O-])cc1C(F)(F)F. The van der Waals surface area contributed by atoms with Crippen molar-refractivity contribution >= 4 is 11.7 Å². The molecule has 0 bridgehead atoms. The molecule has 7 nitrogen and oxygen atoms in total. The molecule has 0 spiro atoms. The number of ether oxygens (including phenoxy) is 1. The van der Waals surface area contributed by atoms with E-state index in [0.29, 0.717) is 0 Å². The van der Waals surface area contributed by atoms with Gasteiger partial charge in [-0.05, 0) is 13.8 Å². The van der Waals surface area contributed by atoms with Crippen LogP contribution in [0, 0.1) is 10.1 Å². The molecule has 0 aliphatic carbocycles. The van der Waals surface area contributed by atoms with E-state index in [-0.39, 0.29) is 12.5 Å². The normalized spacial score (nSPS) is 13.1. The second kappa shape index (κ2) is 7.07. The van der Waals surface area contributed by atoms with Gasteiger partial charge >= 0.3 is 17.8 Å². The highest BCUT2D eigenvalue weighted by Gasteiger charge is 2.40. The first-order valence-corrected chi connectivity index (χ1v) is 6.35. The topological polar surface area (TPSA) is 103 Å². The Kier molecular flexibility index (Phi) is 5.66. The Bertz CT molecular complexity index is 643. The van der Waals surface area contributed by atoms with Gasteiger partial charge in [-0.1, -0.05) is 12.2 Å². The Morgan fingerprint density at radius 3 is 2.61 bits per heavy atom. The number of nitro groups is 1. The van der Waals surface area contributed by atoms with Gasteiger partial charge in [-0.25, -0.2) is 4.79 Å². The predicted octanol–water partition coefficient (Wildman–Crippen LogP) is 3.44. The lowest BCUT2D eigenvalue weighted by atomic mass is 10.2. The van der Waals surface area contributed by atoms with Crippen molar-refractivity contribution < 1.29 is 32.7 Å². The molecule has 1 unspecified atom stereocenters. The van der Waals surface area contributed by atoms with Crippen LogP contribution in [0.15, 0.2) is 18.2 Å². The van der Waals surface area contributed by atoms with Crippen molar-refractivity contribution in [2.45, 2.75) is 32.5 Å². The van der Waals surface area contributed by atoms with Crippen molar-refractivity contribution in [2.75, 3.05) is 0 Å². The smallest absolute Gasteiger partial charge is 0.421 e. The quantitative estimate of drug-likeness (QED) is 0.485. The highest BCUT2D eigenvalue weighted by atomic mass is 19.4. The number of nitrogens with zero attached hydrogens (tertiary/aromatic N) is 2. The molecule has 0 saturated heterocycles. The molecule has 1 aromatic heterocycles. The lowest BCUT2D eigenvalue weighted by Gasteiger charge is -2.17. The Morgan fingerprint density at radius 1 is 1.57 bits per heavy atom. The summed E-state index contributed by atoms with van der Waals surface area (Å²) in [6.45, 7) is 3.17. The minimum absolute atomic E-state index is 0.119. The van der Waals surface area contributed by atoms with Gasteiger partial charge in [0.05, 0.1) is 4.92 Å². The zero-order valence-corrected chi connectivity index (χ0v) is 12.1. The third kappa shape index (κ3) is 4.66. The van der Waals surface area contributed by atoms with Gasteiger partial charge in [-0.3, -0.25) is 10.1 Å². The van der Waals surface area contributed by atoms with E-state index in [4.69, 9.17) is 9.84 Å². The molecule has 126 valence electrons. The molecule has 1 aromatic rings. The second-order valence-corrected chi connectivity index (χ2v) is 4.50. The summed E-state index contributed by atoms with van der Waals surface area (Å²) in [5.41, 5.74) is -3.86. The summed E-state index contributed by atoms with van der Waals surface area (Å²) >= 11 is 0. The van der Waals surface area contributed by atoms with Gasteiger partial charge in [0.25, 0.3) is 0 Å². The summed E-state index contributed by atoms with van der Waals surface area (Å²) in [7, 11) is 0. The molecule has 0 radical (unpaired) electrons. The van der Waals surface area contributed by atoms with Crippen LogP contribution >= 0.6 is 0 Å². The molecule has 1 heterocycles. The van der Waals surface area contributed by atoms with Crippen LogP contribution in [0.5, 0.6) is 5.88 Å². The predicted molar refractivity (Wildman–Crippen MR) is 72.4 cm³/mol. The highest BCUT2D eigenvalue weighted by molar-refractivity contribution is 5.90. The number of rotatable bonds is 6. The number of aromatic carboxylic acids is 1. The Labute approximate surface area is 128 Å². The van der Waals surface area contributed by atoms with Gasteiger partial charge in [-0.15, -0.1) is 0 Å². The molecular weight excluding hydrogens is 321 g/mol. The third-order valence-corrected chi connectivity index (χ3v) is 2.69. The molecule has 1 atom stereocenters. The number of carboxylic acid groups (broad SMARTS) is 1. The van der Waals surface area contributed by atoms with Crippen molar-refractivity contribution in [2.24, 2.45) is 0 Å². The largest absolute Gasteiger partial charge is 0.476 e. The fourth-order valence-corrected chi connectivity index (χ4v) is 1.64. The molecular formula is C13H13F3N2O5. The van der Waals surface area contributed by atoms with E-state index in [1.165, 1.54) is 6.92 Å². The third-order valence-electron chi connectivity index (χ3n) is 2.69. The van der Waals surface area contributed by atoms with Crippen LogP contribution in [0.1, 0.15) is 36.3 Å². The summed E-state index contributed by atoms with van der Waals surface area (Å²) in [4.78, 5) is 23.7. The Hall–Kier alpha value is -2.65. The molecule has 23 heavy (non-hydrogen) atoms. The minimum Gasteiger partial charge on any atom is -0.476 e. The van der Waals surface area contributed by atoms with Crippen LogP contribution in [0.4, 0.5) is 18.9 Å². The summed E-state index contributed by atoms with van der Waals surface area (Å²) in [6.07, 6.45) is -2.15. The first-order chi connectivity index (χ1) is 10.6. The number of aromatic nitrogens is 1. The van der Waals surface area contributed by atoms with Gasteiger partial charge in [0, 0.05) is 12.5 Å². The summed E-state index contributed by atoms with van der Waals surface area (Å²) in [6, 6.07) is 0.119. The van der Waals surface area contributed by atoms with Crippen molar-refractivity contribution in [1.82, 2.24) is 4.98 Å². The maximum absolute atomic E-state index is 13.0. The zero-order valence-electron chi connectivity index (χ0n) is 12.1. The van der Waals surface area contributed by atoms with Crippen LogP contribution in [-0.4, -0.2) is 27.1 Å². The van der Waals surface area contributed by atoms with E-state index in [2.05, 4.69) is 4.98 Å². The maximum Gasteiger partial charge on any atom is 0.421 e. The van der Waals surface area contributed by atoms with E-state index in [0.717, 1.165) is 0 Å². The van der Waals surface area contributed by atoms with Crippen molar-refractivity contribution in [1.29, 1.82) is 0 Å². The second-order valence-electron chi connectivity index (χ2n) is 4.50. The van der Waals surface area contributed by atoms with E-state index < -0.39 is 46.0 Å². The van der Waals surface area contributed by atoms with Crippen LogP contribution in [0.25, 0.3) is 0 Å². The first-order valence-electron chi connectivity index (χ1n) is 6.35. The molecule has 0 aliphatic rings. The lowest BCUT2D eigenvalue weighted by molar-refractivity contribution is -0.385. The number of carbonyl (C=O) groups is 1. The number of halogens is 3.